The van der Waals surface area contributed by atoms with Crippen molar-refractivity contribution in [1.29, 1.82) is 0 Å². The van der Waals surface area contributed by atoms with E-state index in [4.69, 9.17) is 23.5 Å². The van der Waals surface area contributed by atoms with Crippen LogP contribution in [0.5, 0.6) is 28.7 Å². The highest BCUT2D eigenvalue weighted by Gasteiger charge is 2.24. The molecule has 0 spiro atoms. The summed E-state index contributed by atoms with van der Waals surface area (Å²) in [5, 5.41) is 53.2. The molecule has 0 heterocycles. The number of hydrogen-bond donors (Lipinski definition) is 8. The van der Waals surface area contributed by atoms with Gasteiger partial charge in [-0.05, 0) is 171 Å². The average Bonchev–Trinajstić information content (AvgIpc) is 0.772. The molecule has 8 N–H and O–H groups in total. The van der Waals surface area contributed by atoms with Gasteiger partial charge in [-0.2, -0.15) is 62.5 Å². The molecule has 9 aromatic carbocycles. The van der Waals surface area contributed by atoms with E-state index in [1.54, 1.807) is 51.1 Å². The molecule has 0 aliphatic rings. The molecule has 0 bridgehead atoms. The predicted molar refractivity (Wildman–Crippen MR) is 370 cm³/mol. The van der Waals surface area contributed by atoms with Crippen molar-refractivity contribution >= 4 is 141 Å². The van der Waals surface area contributed by atoms with Crippen LogP contribution in [-0.4, -0.2) is 120 Å². The molecule has 0 saturated carbocycles. The number of rotatable bonds is 30. The normalized spacial score (nSPS) is 12.5. The molecule has 0 aromatic heterocycles. The number of nitrogens with one attached hydrogen (secondary N) is 2. The van der Waals surface area contributed by atoms with Crippen molar-refractivity contribution in [2.24, 2.45) is 40.9 Å². The fraction of sp³-hybridized carbons (Fsp3) is 0.203. The zero-order valence-electron chi connectivity index (χ0n) is 53.1. The first-order chi connectivity index (χ1) is 47.2. The number of amides is 1. The minimum absolute atomic E-state index is 0.0141. The SMILES string of the molecule is COc1cc(N=Nc2cc(C)c(N=Nc3cc(C)c(N=Nc4ccc(C(=O)Nc5ccc6c(OCCCS(=O)(=O)O)cc(S(=O)(=O)O)cc6c5)cc4)cc3OCCCS(=O)(=O)O)cc2OCCCS(=O)(=O)O)c(C)cc1N=Nc1c(S(=O)(=O)O)cc2cc(Nc3ccccc3)ccc2c1O. The summed E-state index contributed by atoms with van der Waals surface area (Å²) in [6.45, 7) is 4.30. The summed E-state index contributed by atoms with van der Waals surface area (Å²) in [4.78, 5) is 12.2. The van der Waals surface area contributed by atoms with E-state index in [2.05, 4.69) is 51.5 Å². The van der Waals surface area contributed by atoms with Crippen LogP contribution in [0.2, 0.25) is 0 Å². The fourth-order valence-electron chi connectivity index (χ4n) is 9.59. The summed E-state index contributed by atoms with van der Waals surface area (Å²) in [5.41, 5.74) is 3.82. The number of hydrogen-bond acceptors (Lipinski definition) is 25. The predicted octanol–water partition coefficient (Wildman–Crippen LogP) is 14.8. The first-order valence-electron chi connectivity index (χ1n) is 29.6. The molecule has 0 aliphatic carbocycles. The Balaban J connectivity index is 0.948. The number of phenols is 1. The number of para-hydroxylation sites is 1. The van der Waals surface area contributed by atoms with Gasteiger partial charge in [0, 0.05) is 57.7 Å². The van der Waals surface area contributed by atoms with Crippen molar-refractivity contribution in [3.8, 4) is 28.7 Å². The molecule has 1 amide bonds. The quantitative estimate of drug-likeness (QED) is 0.0118. The van der Waals surface area contributed by atoms with Gasteiger partial charge < -0.3 is 34.7 Å². The molecule has 524 valence electrons. The van der Waals surface area contributed by atoms with E-state index in [0.29, 0.717) is 27.8 Å². The molecule has 36 heteroatoms. The molecular weight excluding hydrogens is 1410 g/mol. The smallest absolute Gasteiger partial charge is 0.296 e. The summed E-state index contributed by atoms with van der Waals surface area (Å²) < 4.78 is 190. The molecule has 0 unspecified atom stereocenters. The number of azo groups is 4. The number of carbonyl (C=O) groups is 1. The Bertz CT molecular complexity index is 5360. The number of ether oxygens (including phenoxy) is 4. The van der Waals surface area contributed by atoms with Gasteiger partial charge in [0.2, 0.25) is 0 Å². The van der Waals surface area contributed by atoms with Crippen LogP contribution < -0.4 is 29.6 Å². The molecule has 0 aliphatic heterocycles. The van der Waals surface area contributed by atoms with Crippen LogP contribution >= 0.6 is 0 Å². The molecule has 9 rings (SSSR count). The molecule has 0 radical (unpaired) electrons. The summed E-state index contributed by atoms with van der Waals surface area (Å²) in [7, 11) is -21.4. The highest BCUT2D eigenvalue weighted by Crippen LogP contribution is 2.45. The van der Waals surface area contributed by atoms with Crippen LogP contribution in [0.4, 0.5) is 62.6 Å². The summed E-state index contributed by atoms with van der Waals surface area (Å²) in [5.74, 6) is -2.90. The summed E-state index contributed by atoms with van der Waals surface area (Å²) in [6.07, 6.45) is -0.420. The van der Waals surface area contributed by atoms with Crippen molar-refractivity contribution in [3.05, 3.63) is 168 Å². The van der Waals surface area contributed by atoms with E-state index < -0.39 is 95.0 Å². The molecule has 31 nitrogen and oxygen atoms in total. The maximum Gasteiger partial charge on any atom is 0.296 e. The molecule has 0 atom stereocenters. The molecular formula is C64H62N10O21S5. The standard InChI is InChI=1S/C64H62N10O21S5/c1-38-27-54(73-74-62-61(100(89,90)91)33-43-31-46(18-20-50(43)63(62)75)65-44-11-6-5-7-12-44)58(92-4)35-51(38)69-71-56-29-40(3)53(37-60(56)95-23-10-26-98(83,84)85)70-72-55-28-39(2)52(36-59(55)94-22-9-25-97(80,81)82)68-67-45-15-13-41(14-16-45)64(76)66-47-17-19-49-42(30-47)32-48(99(86,87)88)34-57(49)93-21-8-24-96(77,78)79/h5-7,11-20,27-37,65,75H,8-10,21-26H2,1-4H3,(H,66,76)(H,77,78,79)(H,80,81,82)(H,83,84,85)(H,86,87,88)(H,89,90,91). The molecule has 0 fully saturated rings. The van der Waals surface area contributed by atoms with Gasteiger partial charge in [-0.15, -0.1) is 20.5 Å². The van der Waals surface area contributed by atoms with E-state index in [1.165, 1.54) is 73.8 Å². The Morgan fingerprint density at radius 2 is 0.880 bits per heavy atom. The van der Waals surface area contributed by atoms with Gasteiger partial charge in [0.15, 0.2) is 5.75 Å². The first kappa shape index (κ1) is 74.0. The van der Waals surface area contributed by atoms with Crippen molar-refractivity contribution in [1.82, 2.24) is 0 Å². The molecule has 100 heavy (non-hydrogen) atoms. The van der Waals surface area contributed by atoms with E-state index >= 15 is 0 Å². The van der Waals surface area contributed by atoms with Gasteiger partial charge in [0.25, 0.3) is 56.5 Å². The van der Waals surface area contributed by atoms with Gasteiger partial charge in [0.1, 0.15) is 50.6 Å². The van der Waals surface area contributed by atoms with E-state index in [0.717, 1.165) is 23.9 Å². The highest BCUT2D eigenvalue weighted by molar-refractivity contribution is 7.86. The van der Waals surface area contributed by atoms with Gasteiger partial charge in [-0.3, -0.25) is 27.6 Å². The second-order valence-electron chi connectivity index (χ2n) is 22.1. The van der Waals surface area contributed by atoms with E-state index in [-0.39, 0.29) is 129 Å². The number of nitrogens with zero attached hydrogens (tertiary/aromatic N) is 8. The largest absolute Gasteiger partial charge is 0.505 e. The molecule has 9 aromatic rings. The van der Waals surface area contributed by atoms with Crippen LogP contribution in [0.1, 0.15) is 46.3 Å². The van der Waals surface area contributed by atoms with Gasteiger partial charge in [0.05, 0.1) is 71.8 Å². The van der Waals surface area contributed by atoms with E-state index in [1.807, 2.05) is 30.3 Å². The molecule has 0 saturated heterocycles. The van der Waals surface area contributed by atoms with Crippen molar-refractivity contribution in [2.45, 2.75) is 49.8 Å². The van der Waals surface area contributed by atoms with Crippen LogP contribution in [0.15, 0.2) is 196 Å². The number of fused-ring (bicyclic) bond motifs is 2. The third-order valence-electron chi connectivity index (χ3n) is 14.5. The minimum atomic E-state index is -4.98. The number of anilines is 3. The number of aryl methyl sites for hydroxylation is 3. The third kappa shape index (κ3) is 20.4. The second kappa shape index (κ2) is 31.3. The average molecular weight is 1470 g/mol. The Labute approximate surface area is 573 Å². The minimum Gasteiger partial charge on any atom is -0.505 e. The Morgan fingerprint density at radius 3 is 1.39 bits per heavy atom. The van der Waals surface area contributed by atoms with Crippen LogP contribution in [0.25, 0.3) is 21.5 Å². The monoisotopic (exact) mass is 1470 g/mol. The Morgan fingerprint density at radius 1 is 0.430 bits per heavy atom. The lowest BCUT2D eigenvalue weighted by Gasteiger charge is -2.13. The second-order valence-corrected chi connectivity index (χ2v) is 29.6. The highest BCUT2D eigenvalue weighted by atomic mass is 32.2. The van der Waals surface area contributed by atoms with E-state index in [9.17, 15) is 70.2 Å². The number of benzene rings is 9. The summed E-state index contributed by atoms with van der Waals surface area (Å²) in [6, 6.07) is 36.6. The lowest BCUT2D eigenvalue weighted by Crippen LogP contribution is -2.11. The zero-order chi connectivity index (χ0) is 72.3. The number of phenolic OH excluding ortho intramolecular Hbond substituents is 1. The van der Waals surface area contributed by atoms with Gasteiger partial charge in [-0.25, -0.2) is 0 Å². The maximum absolute atomic E-state index is 13.4. The van der Waals surface area contributed by atoms with Crippen molar-refractivity contribution in [2.75, 3.05) is 54.8 Å². The Hall–Kier alpha value is -10.3. The van der Waals surface area contributed by atoms with Crippen molar-refractivity contribution < 1.29 is 93.7 Å². The zero-order valence-corrected chi connectivity index (χ0v) is 57.2. The Kier molecular flexibility index (Phi) is 23.1. The van der Waals surface area contributed by atoms with Crippen LogP contribution in [0.3, 0.4) is 0 Å². The first-order valence-corrected chi connectivity index (χ1v) is 37.3. The van der Waals surface area contributed by atoms with Crippen LogP contribution in [-0.2, 0) is 50.6 Å². The van der Waals surface area contributed by atoms with Crippen LogP contribution in [0, 0.1) is 20.8 Å². The lowest BCUT2D eigenvalue weighted by molar-refractivity contribution is 0.102. The van der Waals surface area contributed by atoms with Gasteiger partial charge in [-0.1, -0.05) is 18.2 Å². The number of carbonyl (C=O) groups excluding carboxylic acids is 1. The topological polar surface area (TPSA) is 469 Å². The lowest BCUT2D eigenvalue weighted by atomic mass is 10.1. The summed E-state index contributed by atoms with van der Waals surface area (Å²) >= 11 is 0. The number of methoxy groups -OCH3 is 1. The van der Waals surface area contributed by atoms with Crippen molar-refractivity contribution in [3.63, 3.8) is 0 Å². The van der Waals surface area contributed by atoms with Gasteiger partial charge >= 0.3 is 0 Å². The fourth-order valence-corrected chi connectivity index (χ4v) is 12.2. The maximum atomic E-state index is 13.4. The third-order valence-corrected chi connectivity index (χ3v) is 18.6. The number of aromatic hydroxyl groups is 1.